The van der Waals surface area contributed by atoms with Crippen LogP contribution >= 0.6 is 0 Å². The third kappa shape index (κ3) is 6.57. The third-order valence-electron chi connectivity index (χ3n) is 3.20. The van der Waals surface area contributed by atoms with Gasteiger partial charge in [0.1, 0.15) is 0 Å². The summed E-state index contributed by atoms with van der Waals surface area (Å²) < 4.78 is 4.41. The average Bonchev–Trinajstić information content (AvgIpc) is 2.38. The first-order chi connectivity index (χ1) is 8.76. The van der Waals surface area contributed by atoms with Crippen LogP contribution in [0.4, 0.5) is 0 Å². The maximum Gasteiger partial charge on any atom is 1.00 e. The Kier molecular flexibility index (Phi) is 10.2. The molecule has 1 aliphatic rings. The SMILES string of the molecule is O=[C-]OCc1ccccc1.[CH2-]CC1(C[CH2-])CNC1.[Na+]. The fourth-order valence-electron chi connectivity index (χ4n) is 1.64. The maximum absolute atomic E-state index is 9.63. The van der Waals surface area contributed by atoms with Crippen LogP contribution in [0.5, 0.6) is 0 Å². The van der Waals surface area contributed by atoms with Gasteiger partial charge in [-0.05, 0) is 18.7 Å². The molecule has 0 atom stereocenters. The average molecular weight is 269 g/mol. The van der Waals surface area contributed by atoms with Crippen LogP contribution in [0.15, 0.2) is 30.3 Å². The minimum absolute atomic E-state index is 0. The van der Waals surface area contributed by atoms with E-state index in [1.807, 2.05) is 30.3 Å². The number of hydrogen-bond acceptors (Lipinski definition) is 3. The molecule has 1 N–H and O–H groups in total. The van der Waals surface area contributed by atoms with E-state index in [0.717, 1.165) is 31.5 Å². The second-order valence-electron chi connectivity index (χ2n) is 4.46. The van der Waals surface area contributed by atoms with Crippen molar-refractivity contribution in [1.82, 2.24) is 5.32 Å². The van der Waals surface area contributed by atoms with Crippen molar-refractivity contribution in [2.75, 3.05) is 13.1 Å². The largest absolute Gasteiger partial charge is 1.00 e. The van der Waals surface area contributed by atoms with Gasteiger partial charge in [0.2, 0.25) is 0 Å². The molecule has 0 amide bonds. The Morgan fingerprint density at radius 3 is 2.11 bits per heavy atom. The van der Waals surface area contributed by atoms with Crippen LogP contribution in [0.3, 0.4) is 0 Å². The van der Waals surface area contributed by atoms with Gasteiger partial charge in [0, 0.05) is 0 Å². The van der Waals surface area contributed by atoms with Crippen LogP contribution in [0, 0.1) is 19.3 Å². The van der Waals surface area contributed by atoms with E-state index >= 15 is 0 Å². The summed E-state index contributed by atoms with van der Waals surface area (Å²) in [6.07, 6.45) is 2.06. The van der Waals surface area contributed by atoms with E-state index in [4.69, 9.17) is 0 Å². The molecule has 0 spiro atoms. The Bertz CT molecular complexity index is 326. The van der Waals surface area contributed by atoms with Crippen molar-refractivity contribution in [2.24, 2.45) is 5.41 Å². The molecule has 1 heterocycles. The summed E-state index contributed by atoms with van der Waals surface area (Å²) in [5.41, 5.74) is 1.45. The molecule has 1 fully saturated rings. The molecular weight excluding hydrogens is 249 g/mol. The Hall–Kier alpha value is -0.350. The van der Waals surface area contributed by atoms with E-state index in [9.17, 15) is 4.79 Å². The minimum atomic E-state index is 0. The Labute approximate surface area is 138 Å². The zero-order chi connectivity index (χ0) is 13.3. The van der Waals surface area contributed by atoms with Crippen LogP contribution in [-0.4, -0.2) is 19.6 Å². The maximum atomic E-state index is 9.63. The molecule has 1 aliphatic heterocycles. The van der Waals surface area contributed by atoms with Crippen molar-refractivity contribution >= 4 is 6.47 Å². The summed E-state index contributed by atoms with van der Waals surface area (Å²) in [5, 5.41) is 3.22. The molecule has 4 heteroatoms. The van der Waals surface area contributed by atoms with Crippen LogP contribution < -0.4 is 34.9 Å². The first-order valence-corrected chi connectivity index (χ1v) is 6.08. The standard InChI is InChI=1S/C8H7O2.C7H13N.Na/c9-7-10-6-8-4-2-1-3-5-8;1-3-7(4-2)5-8-6-7;/h1-5H,6H2;8H,1-6H2;/q-1;-2;+1. The van der Waals surface area contributed by atoms with Crippen LogP contribution in [0.2, 0.25) is 0 Å². The van der Waals surface area contributed by atoms with E-state index in [1.54, 1.807) is 0 Å². The van der Waals surface area contributed by atoms with Gasteiger partial charge in [-0.1, -0.05) is 42.2 Å². The molecule has 19 heavy (non-hydrogen) atoms. The molecular formula is C15H20NNaO2-2. The van der Waals surface area contributed by atoms with E-state index < -0.39 is 0 Å². The van der Waals surface area contributed by atoms with Crippen molar-refractivity contribution in [3.05, 3.63) is 49.7 Å². The van der Waals surface area contributed by atoms with Gasteiger partial charge in [-0.2, -0.15) is 12.8 Å². The van der Waals surface area contributed by atoms with Gasteiger partial charge in [-0.15, -0.1) is 0 Å². The molecule has 0 saturated carbocycles. The monoisotopic (exact) mass is 269 g/mol. The summed E-state index contributed by atoms with van der Waals surface area (Å²) in [5.74, 6) is 0. The van der Waals surface area contributed by atoms with Gasteiger partial charge >= 0.3 is 29.6 Å². The molecule has 1 saturated heterocycles. The van der Waals surface area contributed by atoms with Crippen molar-refractivity contribution in [3.63, 3.8) is 0 Å². The van der Waals surface area contributed by atoms with Crippen molar-refractivity contribution < 1.29 is 39.1 Å². The number of rotatable bonds is 5. The van der Waals surface area contributed by atoms with Gasteiger partial charge in [-0.3, -0.25) is 0 Å². The van der Waals surface area contributed by atoms with Crippen molar-refractivity contribution in [1.29, 1.82) is 0 Å². The second-order valence-corrected chi connectivity index (χ2v) is 4.46. The quantitative estimate of drug-likeness (QED) is 0.567. The smallest absolute Gasteiger partial charge is 0.650 e. The normalized spacial score (nSPS) is 15.1. The first-order valence-electron chi connectivity index (χ1n) is 6.08. The molecule has 0 aliphatic carbocycles. The Balaban J connectivity index is 0.000000331. The van der Waals surface area contributed by atoms with Gasteiger partial charge in [0.25, 0.3) is 0 Å². The van der Waals surface area contributed by atoms with Crippen LogP contribution in [-0.2, 0) is 16.1 Å². The minimum Gasteiger partial charge on any atom is -0.650 e. The third-order valence-corrected chi connectivity index (χ3v) is 3.20. The Morgan fingerprint density at radius 1 is 1.21 bits per heavy atom. The summed E-state index contributed by atoms with van der Waals surface area (Å²) in [7, 11) is 0. The van der Waals surface area contributed by atoms with Crippen LogP contribution in [0.25, 0.3) is 0 Å². The Morgan fingerprint density at radius 2 is 1.79 bits per heavy atom. The number of hydrogen-bond donors (Lipinski definition) is 1. The van der Waals surface area contributed by atoms with Gasteiger partial charge < -0.3 is 28.7 Å². The molecule has 2 rings (SSSR count). The van der Waals surface area contributed by atoms with Gasteiger partial charge in [0.05, 0.1) is 6.61 Å². The molecule has 1 aromatic rings. The summed E-state index contributed by atoms with van der Waals surface area (Å²) in [6, 6.07) is 9.47. The molecule has 0 unspecified atom stereocenters. The summed E-state index contributed by atoms with van der Waals surface area (Å²) in [4.78, 5) is 9.63. The predicted octanol–water partition coefficient (Wildman–Crippen LogP) is -0.701. The fraction of sp³-hybridized carbons (Fsp3) is 0.400. The van der Waals surface area contributed by atoms with E-state index in [0.29, 0.717) is 12.0 Å². The van der Waals surface area contributed by atoms with E-state index in [2.05, 4.69) is 23.9 Å². The van der Waals surface area contributed by atoms with Crippen LogP contribution in [0.1, 0.15) is 18.4 Å². The van der Waals surface area contributed by atoms with Gasteiger partial charge in [-0.25, -0.2) is 0 Å². The molecule has 3 nitrogen and oxygen atoms in total. The summed E-state index contributed by atoms with van der Waals surface area (Å²) >= 11 is 0. The molecule has 0 aromatic heterocycles. The number of nitrogens with one attached hydrogen (secondary N) is 1. The van der Waals surface area contributed by atoms with Crippen molar-refractivity contribution in [3.8, 4) is 0 Å². The molecule has 100 valence electrons. The topological polar surface area (TPSA) is 38.3 Å². The predicted molar refractivity (Wildman–Crippen MR) is 72.2 cm³/mol. The zero-order valence-electron chi connectivity index (χ0n) is 11.7. The first kappa shape index (κ1) is 18.7. The molecule has 0 bridgehead atoms. The number of benzene rings is 1. The molecule has 0 radical (unpaired) electrons. The van der Waals surface area contributed by atoms with Gasteiger partial charge in [0.15, 0.2) is 0 Å². The van der Waals surface area contributed by atoms with E-state index in [1.165, 1.54) is 6.47 Å². The molecule has 1 aromatic carbocycles. The summed E-state index contributed by atoms with van der Waals surface area (Å²) in [6.45, 7) is 11.7. The number of ether oxygens (including phenoxy) is 1. The number of carbonyl (C=O) groups excluding carboxylic acids is 1. The van der Waals surface area contributed by atoms with E-state index in [-0.39, 0.29) is 29.6 Å². The van der Waals surface area contributed by atoms with Crippen molar-refractivity contribution in [2.45, 2.75) is 19.4 Å². The zero-order valence-corrected chi connectivity index (χ0v) is 13.7. The second kappa shape index (κ2) is 10.4. The fourth-order valence-corrected chi connectivity index (χ4v) is 1.64.